The van der Waals surface area contributed by atoms with E-state index in [4.69, 9.17) is 9.72 Å². The number of ether oxygens (including phenoxy) is 1. The van der Waals surface area contributed by atoms with Crippen LogP contribution in [0.4, 0.5) is 4.39 Å². The summed E-state index contributed by atoms with van der Waals surface area (Å²) in [6.45, 7) is 0.871. The van der Waals surface area contributed by atoms with Crippen molar-refractivity contribution < 1.29 is 13.9 Å². The average molecular weight is 488 g/mol. The van der Waals surface area contributed by atoms with E-state index in [-0.39, 0.29) is 11.7 Å². The molecule has 0 aliphatic rings. The van der Waals surface area contributed by atoms with Gasteiger partial charge in [-0.2, -0.15) is 11.3 Å². The van der Waals surface area contributed by atoms with Crippen LogP contribution in [0.25, 0.3) is 22.3 Å². The maximum atomic E-state index is 13.5. The quantitative estimate of drug-likeness (QED) is 0.280. The monoisotopic (exact) mass is 487 g/mol. The number of fused-ring (bicyclic) bond motifs is 1. The van der Waals surface area contributed by atoms with Crippen molar-refractivity contribution in [1.82, 2.24) is 25.3 Å². The highest BCUT2D eigenvalue weighted by Gasteiger charge is 2.15. The van der Waals surface area contributed by atoms with Crippen molar-refractivity contribution in [3.05, 3.63) is 94.5 Å². The highest BCUT2D eigenvalue weighted by atomic mass is 32.1. The molecule has 0 fully saturated rings. The molecule has 3 heterocycles. The van der Waals surface area contributed by atoms with Gasteiger partial charge in [-0.1, -0.05) is 0 Å². The Morgan fingerprint density at radius 1 is 1.09 bits per heavy atom. The molecular formula is C26H22FN5O2S. The van der Waals surface area contributed by atoms with Gasteiger partial charge < -0.3 is 15.0 Å². The summed E-state index contributed by atoms with van der Waals surface area (Å²) in [4.78, 5) is 29.3. The predicted molar refractivity (Wildman–Crippen MR) is 133 cm³/mol. The molecule has 0 aliphatic carbocycles. The van der Waals surface area contributed by atoms with Gasteiger partial charge in [0.05, 0.1) is 11.0 Å². The Morgan fingerprint density at radius 3 is 2.74 bits per heavy atom. The van der Waals surface area contributed by atoms with Gasteiger partial charge in [0, 0.05) is 42.0 Å². The number of aromatic amines is 1. The number of hydrogen-bond acceptors (Lipinski definition) is 6. The molecule has 0 spiro atoms. The minimum absolute atomic E-state index is 0.186. The van der Waals surface area contributed by atoms with Gasteiger partial charge >= 0.3 is 0 Å². The van der Waals surface area contributed by atoms with E-state index < -0.39 is 0 Å². The number of H-pyrrole nitrogens is 1. The van der Waals surface area contributed by atoms with E-state index in [1.807, 2.05) is 16.8 Å². The lowest BCUT2D eigenvalue weighted by atomic mass is 10.1. The highest BCUT2D eigenvalue weighted by Crippen LogP contribution is 2.30. The second-order valence-corrected chi connectivity index (χ2v) is 8.68. The fraction of sp³-hybridized carbons (Fsp3) is 0.154. The summed E-state index contributed by atoms with van der Waals surface area (Å²) in [5.41, 5.74) is 3.83. The molecular weight excluding hydrogens is 465 g/mol. The molecule has 1 amide bonds. The average Bonchev–Trinajstić information content (AvgIpc) is 3.59. The van der Waals surface area contributed by atoms with Gasteiger partial charge in [-0.3, -0.25) is 4.79 Å². The highest BCUT2D eigenvalue weighted by molar-refractivity contribution is 7.07. The Morgan fingerprint density at radius 2 is 1.97 bits per heavy atom. The SMILES string of the molecule is O=C(NCCCc1ncc[nH]1)c1ccc2nc(OCc3ccsc3)c(-c3ccc(F)cc3)nc2c1. The number of thiophene rings is 1. The van der Waals surface area contributed by atoms with E-state index in [2.05, 4.69) is 20.3 Å². The Bertz CT molecular complexity index is 1420. The summed E-state index contributed by atoms with van der Waals surface area (Å²) in [6, 6.07) is 13.2. The third kappa shape index (κ3) is 5.52. The molecule has 0 saturated heterocycles. The van der Waals surface area contributed by atoms with Crippen LogP contribution in [0.15, 0.2) is 71.7 Å². The second-order valence-electron chi connectivity index (χ2n) is 7.90. The third-order valence-electron chi connectivity index (χ3n) is 5.40. The molecule has 5 rings (SSSR count). The molecule has 9 heteroatoms. The van der Waals surface area contributed by atoms with Crippen LogP contribution in [0.1, 0.15) is 28.2 Å². The second kappa shape index (κ2) is 10.4. The minimum Gasteiger partial charge on any atom is -0.471 e. The number of imidazole rings is 1. The number of halogens is 1. The molecule has 0 aliphatic heterocycles. The molecule has 176 valence electrons. The van der Waals surface area contributed by atoms with Gasteiger partial charge in [-0.15, -0.1) is 0 Å². The van der Waals surface area contributed by atoms with E-state index in [1.54, 1.807) is 54.1 Å². The Hall–Kier alpha value is -4.11. The fourth-order valence-electron chi connectivity index (χ4n) is 3.60. The predicted octanol–water partition coefficient (Wildman–Crippen LogP) is 5.16. The standard InChI is InChI=1S/C26H22FN5O2S/c27-20-6-3-18(4-7-20)24-26(34-15-17-9-13-35-16-17)32-21-8-5-19(14-22(21)31-24)25(33)30-10-1-2-23-28-11-12-29-23/h3-9,11-14,16H,1-2,10,15H2,(H,28,29)(H,30,33). The van der Waals surface area contributed by atoms with Crippen LogP contribution in [0.2, 0.25) is 0 Å². The van der Waals surface area contributed by atoms with E-state index in [1.165, 1.54) is 12.1 Å². The maximum absolute atomic E-state index is 13.5. The summed E-state index contributed by atoms with van der Waals surface area (Å²) in [6.07, 6.45) is 5.02. The Kier molecular flexibility index (Phi) is 6.76. The zero-order valence-corrected chi connectivity index (χ0v) is 19.5. The lowest BCUT2D eigenvalue weighted by Crippen LogP contribution is -2.24. The molecule has 2 aromatic carbocycles. The van der Waals surface area contributed by atoms with Gasteiger partial charge in [-0.05, 0) is 65.7 Å². The minimum atomic E-state index is -0.339. The molecule has 5 aromatic rings. The Labute approximate surface area is 205 Å². The Balaban J connectivity index is 1.38. The normalized spacial score (nSPS) is 11.0. The van der Waals surface area contributed by atoms with E-state index >= 15 is 0 Å². The molecule has 0 radical (unpaired) electrons. The topological polar surface area (TPSA) is 92.8 Å². The van der Waals surface area contributed by atoms with Crippen molar-refractivity contribution >= 4 is 28.3 Å². The summed E-state index contributed by atoms with van der Waals surface area (Å²) < 4.78 is 19.5. The van der Waals surface area contributed by atoms with Gasteiger partial charge in [-0.25, -0.2) is 19.3 Å². The number of rotatable bonds is 9. The first-order valence-electron chi connectivity index (χ1n) is 11.1. The summed E-state index contributed by atoms with van der Waals surface area (Å²) in [5, 5.41) is 6.92. The largest absolute Gasteiger partial charge is 0.471 e. The molecule has 0 bridgehead atoms. The van der Waals surface area contributed by atoms with Gasteiger partial charge in [0.15, 0.2) is 0 Å². The molecule has 0 unspecified atom stereocenters. The number of nitrogens with one attached hydrogen (secondary N) is 2. The molecule has 2 N–H and O–H groups in total. The number of aromatic nitrogens is 4. The van der Waals surface area contributed by atoms with Crippen LogP contribution < -0.4 is 10.1 Å². The zero-order valence-electron chi connectivity index (χ0n) is 18.7. The lowest BCUT2D eigenvalue weighted by molar-refractivity contribution is 0.0953. The van der Waals surface area contributed by atoms with Crippen molar-refractivity contribution in [2.24, 2.45) is 0 Å². The number of aryl methyl sites for hydroxylation is 1. The van der Waals surface area contributed by atoms with E-state index in [0.29, 0.717) is 46.9 Å². The molecule has 7 nitrogen and oxygen atoms in total. The van der Waals surface area contributed by atoms with Gasteiger partial charge in [0.25, 0.3) is 5.91 Å². The number of benzene rings is 2. The smallest absolute Gasteiger partial charge is 0.251 e. The molecule has 0 atom stereocenters. The van der Waals surface area contributed by atoms with Crippen molar-refractivity contribution in [3.63, 3.8) is 0 Å². The first-order valence-corrected chi connectivity index (χ1v) is 12.1. The lowest BCUT2D eigenvalue weighted by Gasteiger charge is -2.12. The number of hydrogen-bond donors (Lipinski definition) is 2. The van der Waals surface area contributed by atoms with Gasteiger partial charge in [0.2, 0.25) is 5.88 Å². The number of carbonyl (C=O) groups excluding carboxylic acids is 1. The summed E-state index contributed by atoms with van der Waals surface area (Å²) >= 11 is 1.59. The van der Waals surface area contributed by atoms with Crippen LogP contribution in [-0.4, -0.2) is 32.4 Å². The number of amides is 1. The first kappa shape index (κ1) is 22.7. The number of carbonyl (C=O) groups is 1. The fourth-order valence-corrected chi connectivity index (χ4v) is 4.25. The zero-order chi connectivity index (χ0) is 24.0. The molecule has 0 saturated carbocycles. The summed E-state index contributed by atoms with van der Waals surface area (Å²) in [7, 11) is 0. The molecule has 3 aromatic heterocycles. The van der Waals surface area contributed by atoms with Crippen molar-refractivity contribution in [3.8, 4) is 17.1 Å². The number of nitrogens with zero attached hydrogens (tertiary/aromatic N) is 3. The van der Waals surface area contributed by atoms with Crippen molar-refractivity contribution in [1.29, 1.82) is 0 Å². The van der Waals surface area contributed by atoms with Crippen molar-refractivity contribution in [2.45, 2.75) is 19.4 Å². The molecule has 35 heavy (non-hydrogen) atoms. The van der Waals surface area contributed by atoms with E-state index in [0.717, 1.165) is 24.2 Å². The van der Waals surface area contributed by atoms with Crippen LogP contribution in [0.3, 0.4) is 0 Å². The van der Waals surface area contributed by atoms with Crippen LogP contribution >= 0.6 is 11.3 Å². The summed E-state index contributed by atoms with van der Waals surface area (Å²) in [5.74, 6) is 0.722. The first-order chi connectivity index (χ1) is 17.2. The van der Waals surface area contributed by atoms with Crippen LogP contribution in [0.5, 0.6) is 5.88 Å². The maximum Gasteiger partial charge on any atom is 0.251 e. The van der Waals surface area contributed by atoms with Gasteiger partial charge in [0.1, 0.15) is 23.9 Å². The van der Waals surface area contributed by atoms with Crippen LogP contribution in [0, 0.1) is 5.82 Å². The van der Waals surface area contributed by atoms with Crippen molar-refractivity contribution in [2.75, 3.05) is 6.54 Å². The van der Waals surface area contributed by atoms with Crippen LogP contribution in [-0.2, 0) is 13.0 Å². The van der Waals surface area contributed by atoms with E-state index in [9.17, 15) is 9.18 Å². The third-order valence-corrected chi connectivity index (χ3v) is 6.13.